The first-order valence-corrected chi connectivity index (χ1v) is 6.99. The van der Waals surface area contributed by atoms with E-state index in [0.717, 1.165) is 18.0 Å². The van der Waals surface area contributed by atoms with Crippen LogP contribution in [0, 0.1) is 5.92 Å². The summed E-state index contributed by atoms with van der Waals surface area (Å²) in [5.74, 6) is 0.821. The molecular formula is C14H17Cl2NO. The highest BCUT2D eigenvalue weighted by atomic mass is 35.5. The van der Waals surface area contributed by atoms with E-state index >= 15 is 0 Å². The van der Waals surface area contributed by atoms with E-state index in [1.165, 1.54) is 12.8 Å². The third kappa shape index (κ3) is 3.71. The van der Waals surface area contributed by atoms with Gasteiger partial charge in [0, 0.05) is 6.54 Å². The van der Waals surface area contributed by atoms with Gasteiger partial charge in [0.2, 0.25) is 0 Å². The Balaban J connectivity index is 2.02. The van der Waals surface area contributed by atoms with Crippen molar-refractivity contribution in [2.24, 2.45) is 5.92 Å². The summed E-state index contributed by atoms with van der Waals surface area (Å²) in [5, 5.41) is 4.39. The van der Waals surface area contributed by atoms with Gasteiger partial charge < -0.3 is 5.32 Å². The Labute approximate surface area is 118 Å². The predicted octanol–water partition coefficient (Wildman–Crippen LogP) is 3.67. The van der Waals surface area contributed by atoms with E-state index in [4.69, 9.17) is 23.2 Å². The van der Waals surface area contributed by atoms with Gasteiger partial charge in [-0.05, 0) is 49.9 Å². The molecule has 0 spiro atoms. The van der Waals surface area contributed by atoms with Crippen molar-refractivity contribution in [1.82, 2.24) is 5.32 Å². The van der Waals surface area contributed by atoms with Crippen LogP contribution in [0.25, 0.3) is 0 Å². The Hall–Kier alpha value is -0.570. The average Bonchev–Trinajstić information content (AvgIpc) is 3.12. The number of ketones is 1. The summed E-state index contributed by atoms with van der Waals surface area (Å²) in [6.07, 6.45) is 2.62. The summed E-state index contributed by atoms with van der Waals surface area (Å²) < 4.78 is 0. The molecule has 2 nitrogen and oxygen atoms in total. The number of carbonyl (C=O) groups excluding carboxylic acids is 1. The maximum atomic E-state index is 11.7. The minimum atomic E-state index is -0.140. The van der Waals surface area contributed by atoms with Crippen LogP contribution < -0.4 is 5.32 Å². The Morgan fingerprint density at radius 3 is 2.67 bits per heavy atom. The molecule has 2 rings (SSSR count). The monoisotopic (exact) mass is 285 g/mol. The summed E-state index contributed by atoms with van der Waals surface area (Å²) in [5.41, 5.74) is 0.931. The van der Waals surface area contributed by atoms with Crippen molar-refractivity contribution in [3.63, 3.8) is 0 Å². The van der Waals surface area contributed by atoms with Gasteiger partial charge >= 0.3 is 0 Å². The first-order valence-electron chi connectivity index (χ1n) is 6.24. The van der Waals surface area contributed by atoms with Crippen molar-refractivity contribution >= 4 is 29.0 Å². The number of benzene rings is 1. The minimum absolute atomic E-state index is 0.140. The first kappa shape index (κ1) is 13.9. The molecule has 0 amide bonds. The Morgan fingerprint density at radius 1 is 1.39 bits per heavy atom. The molecule has 0 aliphatic heterocycles. The number of halogens is 2. The van der Waals surface area contributed by atoms with Crippen LogP contribution in [0.4, 0.5) is 0 Å². The summed E-state index contributed by atoms with van der Waals surface area (Å²) >= 11 is 11.9. The number of Topliss-reactive ketones (excluding diaryl/α,β-unsaturated/α-hetero) is 1. The van der Waals surface area contributed by atoms with Crippen molar-refractivity contribution in [2.75, 3.05) is 13.1 Å². The van der Waals surface area contributed by atoms with Crippen LogP contribution in [0.1, 0.15) is 31.2 Å². The lowest BCUT2D eigenvalue weighted by Gasteiger charge is -2.15. The van der Waals surface area contributed by atoms with Gasteiger partial charge in [-0.1, -0.05) is 29.3 Å². The molecule has 1 fully saturated rings. The third-order valence-corrected chi connectivity index (χ3v) is 4.05. The molecule has 0 aromatic heterocycles. The lowest BCUT2D eigenvalue weighted by atomic mass is 9.95. The van der Waals surface area contributed by atoms with Gasteiger partial charge in [0.05, 0.1) is 16.0 Å². The van der Waals surface area contributed by atoms with Crippen molar-refractivity contribution in [1.29, 1.82) is 0 Å². The van der Waals surface area contributed by atoms with Crippen molar-refractivity contribution in [3.05, 3.63) is 33.8 Å². The largest absolute Gasteiger partial charge is 0.315 e. The lowest BCUT2D eigenvalue weighted by Crippen LogP contribution is -2.27. The molecule has 4 heteroatoms. The second-order valence-electron chi connectivity index (χ2n) is 4.94. The van der Waals surface area contributed by atoms with Crippen LogP contribution in [0.3, 0.4) is 0 Å². The van der Waals surface area contributed by atoms with E-state index in [2.05, 4.69) is 5.32 Å². The fourth-order valence-electron chi connectivity index (χ4n) is 1.98. The lowest BCUT2D eigenvalue weighted by molar-refractivity contribution is -0.118. The van der Waals surface area contributed by atoms with Crippen molar-refractivity contribution in [2.45, 2.75) is 25.7 Å². The molecule has 98 valence electrons. The quantitative estimate of drug-likeness (QED) is 0.864. The maximum Gasteiger partial charge on any atom is 0.138 e. The third-order valence-electron chi connectivity index (χ3n) is 3.32. The summed E-state index contributed by atoms with van der Waals surface area (Å²) in [4.78, 5) is 11.7. The molecule has 0 bridgehead atoms. The zero-order chi connectivity index (χ0) is 13.1. The summed E-state index contributed by atoms with van der Waals surface area (Å²) in [6.45, 7) is 3.29. The molecule has 18 heavy (non-hydrogen) atoms. The smallest absolute Gasteiger partial charge is 0.138 e. The molecule has 1 saturated carbocycles. The molecule has 1 aromatic carbocycles. The van der Waals surface area contributed by atoms with Gasteiger partial charge in [-0.3, -0.25) is 4.79 Å². The van der Waals surface area contributed by atoms with Gasteiger partial charge in [-0.15, -0.1) is 0 Å². The molecule has 1 aliphatic carbocycles. The SMILES string of the molecule is CC(=O)[C@H](CNCC1CC1)c1ccc(Cl)c(Cl)c1. The average molecular weight is 286 g/mol. The van der Waals surface area contributed by atoms with Gasteiger partial charge in [-0.25, -0.2) is 0 Å². The molecule has 0 saturated heterocycles. The number of hydrogen-bond donors (Lipinski definition) is 1. The van der Waals surface area contributed by atoms with Crippen LogP contribution in [-0.2, 0) is 4.79 Å². The van der Waals surface area contributed by atoms with E-state index in [-0.39, 0.29) is 11.7 Å². The van der Waals surface area contributed by atoms with Crippen molar-refractivity contribution in [3.8, 4) is 0 Å². The molecule has 0 heterocycles. The molecule has 0 radical (unpaired) electrons. The molecule has 1 aliphatic rings. The normalized spacial score (nSPS) is 16.6. The molecule has 1 atom stereocenters. The topological polar surface area (TPSA) is 29.1 Å². The number of nitrogens with one attached hydrogen (secondary N) is 1. The molecular weight excluding hydrogens is 269 g/mol. The van der Waals surface area contributed by atoms with Gasteiger partial charge in [-0.2, -0.15) is 0 Å². The Morgan fingerprint density at radius 2 is 2.11 bits per heavy atom. The molecule has 0 unspecified atom stereocenters. The van der Waals surface area contributed by atoms with E-state index in [9.17, 15) is 4.79 Å². The minimum Gasteiger partial charge on any atom is -0.315 e. The standard InChI is InChI=1S/C14H17Cl2NO/c1-9(18)12(8-17-7-10-2-3-10)11-4-5-13(15)14(16)6-11/h4-6,10,12,17H,2-3,7-8H2,1H3/t12-/m0/s1. The van der Waals surface area contributed by atoms with Gasteiger partial charge in [0.25, 0.3) is 0 Å². The van der Waals surface area contributed by atoms with Crippen LogP contribution in [0.2, 0.25) is 10.0 Å². The second kappa shape index (κ2) is 6.05. The number of rotatable bonds is 6. The number of carbonyl (C=O) groups is 1. The zero-order valence-electron chi connectivity index (χ0n) is 10.4. The van der Waals surface area contributed by atoms with Crippen LogP contribution >= 0.6 is 23.2 Å². The van der Waals surface area contributed by atoms with Gasteiger partial charge in [0.1, 0.15) is 5.78 Å². The van der Waals surface area contributed by atoms with E-state index in [1.54, 1.807) is 19.1 Å². The second-order valence-corrected chi connectivity index (χ2v) is 5.75. The fraction of sp³-hybridized carbons (Fsp3) is 0.500. The molecule has 1 N–H and O–H groups in total. The Bertz CT molecular complexity index is 443. The van der Waals surface area contributed by atoms with E-state index in [0.29, 0.717) is 16.6 Å². The van der Waals surface area contributed by atoms with Gasteiger partial charge in [0.15, 0.2) is 0 Å². The fourth-order valence-corrected chi connectivity index (χ4v) is 2.29. The zero-order valence-corrected chi connectivity index (χ0v) is 11.9. The highest BCUT2D eigenvalue weighted by Gasteiger charge is 2.22. The summed E-state index contributed by atoms with van der Waals surface area (Å²) in [7, 11) is 0. The van der Waals surface area contributed by atoms with Crippen LogP contribution in [0.15, 0.2) is 18.2 Å². The van der Waals surface area contributed by atoms with E-state index in [1.807, 2.05) is 6.07 Å². The Kier molecular flexibility index (Phi) is 4.66. The van der Waals surface area contributed by atoms with E-state index < -0.39 is 0 Å². The van der Waals surface area contributed by atoms with Crippen LogP contribution in [-0.4, -0.2) is 18.9 Å². The maximum absolute atomic E-state index is 11.7. The van der Waals surface area contributed by atoms with Crippen LogP contribution in [0.5, 0.6) is 0 Å². The molecule has 1 aromatic rings. The summed E-state index contributed by atoms with van der Waals surface area (Å²) in [6, 6.07) is 5.41. The van der Waals surface area contributed by atoms with Crippen molar-refractivity contribution < 1.29 is 4.79 Å². The predicted molar refractivity (Wildman–Crippen MR) is 75.5 cm³/mol. The highest BCUT2D eigenvalue weighted by Crippen LogP contribution is 2.29. The highest BCUT2D eigenvalue weighted by molar-refractivity contribution is 6.42. The number of hydrogen-bond acceptors (Lipinski definition) is 2. The first-order chi connectivity index (χ1) is 8.58.